The summed E-state index contributed by atoms with van der Waals surface area (Å²) in [6.07, 6.45) is 1.75. The first kappa shape index (κ1) is 23.9. The first-order valence-electron chi connectivity index (χ1n) is 10.6. The highest BCUT2D eigenvalue weighted by molar-refractivity contribution is 8.18. The van der Waals surface area contributed by atoms with Crippen molar-refractivity contribution < 1.29 is 14.3 Å². The number of hydrogen-bond acceptors (Lipinski definition) is 7. The Labute approximate surface area is 208 Å². The number of pyridine rings is 1. The summed E-state index contributed by atoms with van der Waals surface area (Å²) in [7, 11) is 1.59. The maximum atomic E-state index is 12.8. The van der Waals surface area contributed by atoms with E-state index < -0.39 is 5.54 Å². The van der Waals surface area contributed by atoms with Crippen LogP contribution in [0.25, 0.3) is 0 Å². The molecule has 33 heavy (non-hydrogen) atoms. The number of amidine groups is 1. The molecule has 6 nitrogen and oxygen atoms in total. The van der Waals surface area contributed by atoms with Gasteiger partial charge in [0.1, 0.15) is 21.3 Å². The van der Waals surface area contributed by atoms with Crippen molar-refractivity contribution in [3.8, 4) is 5.75 Å². The van der Waals surface area contributed by atoms with Crippen LogP contribution in [0.15, 0.2) is 52.1 Å². The molecule has 1 aromatic heterocycles. The minimum Gasteiger partial charge on any atom is -0.495 e. The number of fused-ring (bicyclic) bond motifs is 1. The topological polar surface area (TPSA) is 64.0 Å². The second-order valence-corrected chi connectivity index (χ2v) is 10.0. The van der Waals surface area contributed by atoms with Gasteiger partial charge in [0.15, 0.2) is 5.17 Å². The van der Waals surface area contributed by atoms with Crippen molar-refractivity contribution in [1.82, 2.24) is 9.88 Å². The van der Waals surface area contributed by atoms with Crippen LogP contribution in [0.1, 0.15) is 44.9 Å². The molecule has 2 aliphatic rings. The van der Waals surface area contributed by atoms with E-state index in [1.54, 1.807) is 26.3 Å². The molecular formula is C24H25Cl2N3O3S. The number of esters is 1. The third-order valence-corrected chi connectivity index (χ3v) is 7.41. The third-order valence-electron chi connectivity index (χ3n) is 5.82. The molecule has 0 saturated carbocycles. The average molecular weight is 506 g/mol. The van der Waals surface area contributed by atoms with E-state index in [2.05, 4.69) is 30.7 Å². The van der Waals surface area contributed by atoms with Crippen molar-refractivity contribution in [2.75, 3.05) is 13.7 Å². The molecule has 0 aliphatic carbocycles. The Bertz CT molecular complexity index is 1150. The molecule has 2 aliphatic heterocycles. The number of halogens is 2. The average Bonchev–Trinajstić information content (AvgIpc) is 3.27. The van der Waals surface area contributed by atoms with Crippen molar-refractivity contribution in [3.05, 3.63) is 68.4 Å². The Morgan fingerprint density at radius 1 is 1.27 bits per heavy atom. The molecule has 4 rings (SSSR count). The van der Waals surface area contributed by atoms with Crippen molar-refractivity contribution in [2.45, 2.75) is 39.3 Å². The maximum absolute atomic E-state index is 12.8. The Morgan fingerprint density at radius 2 is 2.03 bits per heavy atom. The minimum absolute atomic E-state index is 0.0620. The maximum Gasteiger partial charge on any atom is 0.346 e. The summed E-state index contributed by atoms with van der Waals surface area (Å²) < 4.78 is 10.9. The van der Waals surface area contributed by atoms with Gasteiger partial charge in [0, 0.05) is 17.5 Å². The summed E-state index contributed by atoms with van der Waals surface area (Å²) in [5, 5.41) is 1.69. The third kappa shape index (κ3) is 4.11. The number of rotatable bonds is 6. The van der Waals surface area contributed by atoms with Crippen molar-refractivity contribution in [2.24, 2.45) is 10.9 Å². The number of aromatic nitrogens is 1. The largest absolute Gasteiger partial charge is 0.495 e. The fourth-order valence-corrected chi connectivity index (χ4v) is 5.95. The van der Waals surface area contributed by atoms with Gasteiger partial charge in [-0.15, -0.1) is 0 Å². The Morgan fingerprint density at radius 3 is 2.64 bits per heavy atom. The van der Waals surface area contributed by atoms with Crippen LogP contribution < -0.4 is 4.74 Å². The SMILES string of the molecule is CCOC(=O)C1=C(C(C)C)N2C(=N[C@@](C)(c3ccc(Cl)nc3)[C@H]2c2ccc(Cl)c(OC)c2)S1. The molecule has 0 N–H and O–H groups in total. The second kappa shape index (κ2) is 9.20. The van der Waals surface area contributed by atoms with Gasteiger partial charge in [0.2, 0.25) is 0 Å². The molecule has 0 amide bonds. The van der Waals surface area contributed by atoms with Gasteiger partial charge in [0.25, 0.3) is 0 Å². The number of nitrogens with zero attached hydrogens (tertiary/aromatic N) is 3. The number of methoxy groups -OCH3 is 1. The summed E-state index contributed by atoms with van der Waals surface area (Å²) in [5.74, 6) is 0.310. The fraction of sp³-hybridized carbons (Fsp3) is 0.375. The first-order chi connectivity index (χ1) is 15.7. The van der Waals surface area contributed by atoms with Crippen LogP contribution in [-0.4, -0.2) is 34.7 Å². The molecule has 0 saturated heterocycles. The van der Waals surface area contributed by atoms with E-state index in [0.717, 1.165) is 22.0 Å². The van der Waals surface area contributed by atoms with Crippen LogP contribution in [0, 0.1) is 5.92 Å². The summed E-state index contributed by atoms with van der Waals surface area (Å²) >= 11 is 13.8. The summed E-state index contributed by atoms with van der Waals surface area (Å²) in [6, 6.07) is 9.17. The number of ether oxygens (including phenoxy) is 2. The highest BCUT2D eigenvalue weighted by atomic mass is 35.5. The Balaban J connectivity index is 1.92. The van der Waals surface area contributed by atoms with Crippen molar-refractivity contribution >= 4 is 46.1 Å². The standard InChI is InChI=1S/C24H25Cl2N3O3S/c1-6-32-22(30)20-19(13(2)3)29-21(14-7-9-16(25)17(11-14)31-5)24(4,28-23(29)33-20)15-8-10-18(26)27-12-15/h7-13,21H,6H2,1-5H3/t21-,24+/m1/s1. The number of carbonyl (C=O) groups is 1. The predicted octanol–water partition coefficient (Wildman–Crippen LogP) is 6.20. The van der Waals surface area contributed by atoms with Crippen LogP contribution >= 0.6 is 35.0 Å². The van der Waals surface area contributed by atoms with Crippen molar-refractivity contribution in [1.29, 1.82) is 0 Å². The van der Waals surface area contributed by atoms with Gasteiger partial charge in [-0.1, -0.05) is 49.2 Å². The molecule has 2 atom stereocenters. The molecule has 0 bridgehead atoms. The highest BCUT2D eigenvalue weighted by Crippen LogP contribution is 2.56. The van der Waals surface area contributed by atoms with Crippen LogP contribution in [0.3, 0.4) is 0 Å². The van der Waals surface area contributed by atoms with Crippen LogP contribution in [0.5, 0.6) is 5.75 Å². The first-order valence-corrected chi connectivity index (χ1v) is 12.2. The summed E-state index contributed by atoms with van der Waals surface area (Å²) in [4.78, 5) is 25.0. The Hall–Kier alpha value is -2.22. The number of benzene rings is 1. The zero-order chi connectivity index (χ0) is 23.9. The zero-order valence-electron chi connectivity index (χ0n) is 19.1. The van der Waals surface area contributed by atoms with E-state index in [9.17, 15) is 4.79 Å². The molecule has 2 aromatic rings. The second-order valence-electron chi connectivity index (χ2n) is 8.27. The van der Waals surface area contributed by atoms with Crippen LogP contribution in [0.4, 0.5) is 0 Å². The van der Waals surface area contributed by atoms with E-state index >= 15 is 0 Å². The number of aliphatic imine (C=N–C) groups is 1. The number of thioether (sulfide) groups is 1. The fourth-order valence-electron chi connectivity index (χ4n) is 4.34. The predicted molar refractivity (Wildman–Crippen MR) is 133 cm³/mol. The highest BCUT2D eigenvalue weighted by Gasteiger charge is 2.53. The molecular weight excluding hydrogens is 481 g/mol. The molecule has 9 heteroatoms. The van der Waals surface area contributed by atoms with E-state index in [0.29, 0.717) is 27.4 Å². The molecule has 1 aromatic carbocycles. The van der Waals surface area contributed by atoms with Gasteiger partial charge < -0.3 is 14.4 Å². The van der Waals surface area contributed by atoms with E-state index in [1.807, 2.05) is 24.3 Å². The van der Waals surface area contributed by atoms with Crippen LogP contribution in [0.2, 0.25) is 10.2 Å². The number of hydrogen-bond donors (Lipinski definition) is 0. The lowest BCUT2D eigenvalue weighted by Gasteiger charge is -2.37. The zero-order valence-corrected chi connectivity index (χ0v) is 21.4. The van der Waals surface area contributed by atoms with Gasteiger partial charge in [-0.25, -0.2) is 14.8 Å². The van der Waals surface area contributed by atoms with Gasteiger partial charge in [-0.2, -0.15) is 0 Å². The molecule has 0 unspecified atom stereocenters. The van der Waals surface area contributed by atoms with E-state index in [1.165, 1.54) is 11.8 Å². The van der Waals surface area contributed by atoms with Crippen molar-refractivity contribution in [3.63, 3.8) is 0 Å². The van der Waals surface area contributed by atoms with E-state index in [-0.39, 0.29) is 17.9 Å². The normalized spacial score (nSPS) is 22.0. The summed E-state index contributed by atoms with van der Waals surface area (Å²) in [6.45, 7) is 8.32. The molecule has 174 valence electrons. The van der Waals surface area contributed by atoms with Gasteiger partial charge in [0.05, 0.1) is 24.8 Å². The molecule has 0 radical (unpaired) electrons. The quantitative estimate of drug-likeness (QED) is 0.343. The number of allylic oxidation sites excluding steroid dienone is 1. The van der Waals surface area contributed by atoms with Gasteiger partial charge in [-0.3, -0.25) is 0 Å². The van der Waals surface area contributed by atoms with Crippen LogP contribution in [-0.2, 0) is 15.1 Å². The molecule has 0 spiro atoms. The minimum atomic E-state index is -0.695. The van der Waals surface area contributed by atoms with Gasteiger partial charge in [-0.05, 0) is 55.3 Å². The lowest BCUT2D eigenvalue weighted by atomic mass is 9.81. The van der Waals surface area contributed by atoms with Gasteiger partial charge >= 0.3 is 5.97 Å². The summed E-state index contributed by atoms with van der Waals surface area (Å²) in [5.41, 5.74) is 2.06. The Kier molecular flexibility index (Phi) is 6.67. The molecule has 3 heterocycles. The smallest absolute Gasteiger partial charge is 0.346 e. The lowest BCUT2D eigenvalue weighted by Crippen LogP contribution is -2.36. The molecule has 0 fully saturated rings. The monoisotopic (exact) mass is 505 g/mol. The lowest BCUT2D eigenvalue weighted by molar-refractivity contribution is -0.137. The number of carbonyl (C=O) groups excluding carboxylic acids is 1. The van der Waals surface area contributed by atoms with E-state index in [4.69, 9.17) is 37.7 Å².